The van der Waals surface area contributed by atoms with Crippen LogP contribution in [0.2, 0.25) is 0 Å². The lowest BCUT2D eigenvalue weighted by Gasteiger charge is -2.19. The van der Waals surface area contributed by atoms with Crippen molar-refractivity contribution in [2.75, 3.05) is 34.0 Å². The summed E-state index contributed by atoms with van der Waals surface area (Å²) in [6.07, 6.45) is 1.63. The SMILES string of the molecule is COc1ccc(CNC(=O)C(=O)C2CCCCOCCOCc3ccccc3C(=O)N2)c(OC)c1. The first-order valence-corrected chi connectivity index (χ1v) is 11.6. The van der Waals surface area contributed by atoms with Gasteiger partial charge in [0.25, 0.3) is 11.8 Å². The Balaban J connectivity index is 1.71. The highest BCUT2D eigenvalue weighted by atomic mass is 16.5. The summed E-state index contributed by atoms with van der Waals surface area (Å²) in [5.41, 5.74) is 1.80. The predicted molar refractivity (Wildman–Crippen MR) is 128 cm³/mol. The van der Waals surface area contributed by atoms with Crippen LogP contribution in [-0.4, -0.2) is 57.7 Å². The quantitative estimate of drug-likeness (QED) is 0.606. The third-order valence-corrected chi connectivity index (χ3v) is 5.70. The summed E-state index contributed by atoms with van der Waals surface area (Å²) in [4.78, 5) is 38.8. The van der Waals surface area contributed by atoms with Gasteiger partial charge in [0.1, 0.15) is 11.5 Å². The molecule has 0 bridgehead atoms. The summed E-state index contributed by atoms with van der Waals surface area (Å²) in [6.45, 7) is 1.73. The van der Waals surface area contributed by atoms with E-state index in [2.05, 4.69) is 10.6 Å². The van der Waals surface area contributed by atoms with E-state index in [0.717, 1.165) is 0 Å². The zero-order chi connectivity index (χ0) is 25.0. The number of benzene rings is 2. The van der Waals surface area contributed by atoms with E-state index < -0.39 is 23.6 Å². The molecule has 0 saturated heterocycles. The van der Waals surface area contributed by atoms with Gasteiger partial charge in [-0.1, -0.05) is 18.2 Å². The second-order valence-corrected chi connectivity index (χ2v) is 8.07. The van der Waals surface area contributed by atoms with Crippen molar-refractivity contribution in [2.45, 2.75) is 38.5 Å². The molecule has 3 rings (SSSR count). The van der Waals surface area contributed by atoms with Gasteiger partial charge in [-0.2, -0.15) is 0 Å². The molecule has 0 radical (unpaired) electrons. The summed E-state index contributed by atoms with van der Waals surface area (Å²) in [7, 11) is 3.06. The van der Waals surface area contributed by atoms with Crippen molar-refractivity contribution in [1.29, 1.82) is 0 Å². The molecule has 0 aromatic heterocycles. The molecular weight excluding hydrogens is 452 g/mol. The van der Waals surface area contributed by atoms with Crippen molar-refractivity contribution < 1.29 is 33.3 Å². The first-order valence-electron chi connectivity index (χ1n) is 11.6. The van der Waals surface area contributed by atoms with Crippen LogP contribution in [0.15, 0.2) is 42.5 Å². The number of hydrogen-bond acceptors (Lipinski definition) is 7. The fourth-order valence-electron chi connectivity index (χ4n) is 3.75. The van der Waals surface area contributed by atoms with Crippen LogP contribution in [0.4, 0.5) is 0 Å². The molecule has 9 nitrogen and oxygen atoms in total. The Hall–Kier alpha value is -3.43. The molecule has 0 spiro atoms. The number of ether oxygens (including phenoxy) is 4. The topological polar surface area (TPSA) is 112 Å². The van der Waals surface area contributed by atoms with Crippen molar-refractivity contribution in [1.82, 2.24) is 10.6 Å². The van der Waals surface area contributed by atoms with E-state index in [4.69, 9.17) is 18.9 Å². The average molecular weight is 485 g/mol. The van der Waals surface area contributed by atoms with Gasteiger partial charge in [0.2, 0.25) is 5.78 Å². The van der Waals surface area contributed by atoms with Crippen LogP contribution in [0.1, 0.15) is 40.7 Å². The van der Waals surface area contributed by atoms with E-state index in [1.54, 1.807) is 43.5 Å². The van der Waals surface area contributed by atoms with E-state index in [0.29, 0.717) is 67.3 Å². The highest BCUT2D eigenvalue weighted by Crippen LogP contribution is 2.24. The second-order valence-electron chi connectivity index (χ2n) is 8.07. The van der Waals surface area contributed by atoms with Gasteiger partial charge in [0.05, 0.1) is 40.1 Å². The number of ketones is 1. The molecule has 1 atom stereocenters. The fourth-order valence-corrected chi connectivity index (χ4v) is 3.75. The average Bonchev–Trinajstić information content (AvgIpc) is 2.89. The van der Waals surface area contributed by atoms with E-state index in [1.807, 2.05) is 6.07 Å². The number of methoxy groups -OCH3 is 2. The molecule has 35 heavy (non-hydrogen) atoms. The maximum absolute atomic E-state index is 13.0. The standard InChI is InChI=1S/C26H32N2O7/c1-32-20-11-10-18(23(15-20)33-2)16-27-26(31)24(29)22-9-5-6-12-34-13-14-35-17-19-7-3-4-8-21(19)25(30)28-22/h3-4,7-8,10-11,15,22H,5-6,9,12-14,16-17H2,1-2H3,(H,27,31)(H,28,30). The summed E-state index contributed by atoms with van der Waals surface area (Å²) >= 11 is 0. The Labute approximate surface area is 205 Å². The fraction of sp³-hybridized carbons (Fsp3) is 0.423. The van der Waals surface area contributed by atoms with Crippen LogP contribution in [0, 0.1) is 0 Å². The predicted octanol–water partition coefficient (Wildman–Crippen LogP) is 2.40. The molecule has 1 aliphatic heterocycles. The molecular formula is C26H32N2O7. The first kappa shape index (κ1) is 26.2. The lowest BCUT2D eigenvalue weighted by molar-refractivity contribution is -0.139. The molecule has 1 unspecified atom stereocenters. The van der Waals surface area contributed by atoms with Crippen molar-refractivity contribution in [3.63, 3.8) is 0 Å². The highest BCUT2D eigenvalue weighted by molar-refractivity contribution is 6.38. The molecule has 188 valence electrons. The minimum atomic E-state index is -0.961. The summed E-state index contributed by atoms with van der Waals surface area (Å²) in [5, 5.41) is 5.40. The molecule has 1 aliphatic rings. The minimum Gasteiger partial charge on any atom is -0.497 e. The van der Waals surface area contributed by atoms with Crippen LogP contribution in [0.25, 0.3) is 0 Å². The molecule has 1 heterocycles. The number of amides is 2. The lowest BCUT2D eigenvalue weighted by atomic mass is 10.0. The molecule has 0 saturated carbocycles. The van der Waals surface area contributed by atoms with Crippen LogP contribution in [-0.2, 0) is 32.2 Å². The monoisotopic (exact) mass is 484 g/mol. The van der Waals surface area contributed by atoms with Gasteiger partial charge in [-0.15, -0.1) is 0 Å². The Bertz CT molecular complexity index is 1020. The Morgan fingerprint density at radius 1 is 1.03 bits per heavy atom. The molecule has 2 N–H and O–H groups in total. The van der Waals surface area contributed by atoms with Crippen molar-refractivity contribution in [3.8, 4) is 11.5 Å². The van der Waals surface area contributed by atoms with E-state index in [-0.39, 0.29) is 13.2 Å². The van der Waals surface area contributed by atoms with Crippen LogP contribution in [0.5, 0.6) is 11.5 Å². The van der Waals surface area contributed by atoms with Gasteiger partial charge in [0.15, 0.2) is 0 Å². The third-order valence-electron chi connectivity index (χ3n) is 5.70. The zero-order valence-electron chi connectivity index (χ0n) is 20.1. The maximum Gasteiger partial charge on any atom is 0.289 e. The number of rotatable bonds is 6. The highest BCUT2D eigenvalue weighted by Gasteiger charge is 2.27. The molecule has 9 heteroatoms. The van der Waals surface area contributed by atoms with Crippen LogP contribution >= 0.6 is 0 Å². The number of fused-ring (bicyclic) bond motifs is 1. The lowest BCUT2D eigenvalue weighted by Crippen LogP contribution is -2.47. The van der Waals surface area contributed by atoms with Crippen LogP contribution in [0.3, 0.4) is 0 Å². The third kappa shape index (κ3) is 7.53. The van der Waals surface area contributed by atoms with Crippen molar-refractivity contribution >= 4 is 17.6 Å². The largest absolute Gasteiger partial charge is 0.497 e. The summed E-state index contributed by atoms with van der Waals surface area (Å²) in [6, 6.07) is 11.3. The first-order chi connectivity index (χ1) is 17.0. The molecule has 2 amide bonds. The Kier molecular flexibility index (Phi) is 10.1. The molecule has 0 aliphatic carbocycles. The number of nitrogens with one attached hydrogen (secondary N) is 2. The van der Waals surface area contributed by atoms with Gasteiger partial charge in [-0.05, 0) is 43.0 Å². The smallest absolute Gasteiger partial charge is 0.289 e. The van der Waals surface area contributed by atoms with Gasteiger partial charge in [0, 0.05) is 30.3 Å². The van der Waals surface area contributed by atoms with E-state index >= 15 is 0 Å². The van der Waals surface area contributed by atoms with Crippen molar-refractivity contribution in [2.24, 2.45) is 0 Å². The zero-order valence-corrected chi connectivity index (χ0v) is 20.1. The van der Waals surface area contributed by atoms with Crippen molar-refractivity contribution in [3.05, 3.63) is 59.2 Å². The van der Waals surface area contributed by atoms with Gasteiger partial charge < -0.3 is 29.6 Å². The normalized spacial score (nSPS) is 17.3. The number of hydrogen-bond donors (Lipinski definition) is 2. The van der Waals surface area contributed by atoms with E-state index in [9.17, 15) is 14.4 Å². The molecule has 0 fully saturated rings. The maximum atomic E-state index is 13.0. The van der Waals surface area contributed by atoms with Gasteiger partial charge >= 0.3 is 0 Å². The summed E-state index contributed by atoms with van der Waals surface area (Å²) < 4.78 is 21.7. The van der Waals surface area contributed by atoms with Gasteiger partial charge in [-0.3, -0.25) is 14.4 Å². The Morgan fingerprint density at radius 2 is 1.83 bits per heavy atom. The summed E-state index contributed by atoms with van der Waals surface area (Å²) in [5.74, 6) is -0.748. The van der Waals surface area contributed by atoms with E-state index in [1.165, 1.54) is 7.11 Å². The molecule has 2 aromatic rings. The number of carbonyl (C=O) groups excluding carboxylic acids is 3. The second kappa shape index (κ2) is 13.5. The number of Topliss-reactive ketones (excluding diaryl/α,β-unsaturated/α-hetero) is 1. The number of carbonyl (C=O) groups is 3. The van der Waals surface area contributed by atoms with Crippen LogP contribution < -0.4 is 20.1 Å². The Morgan fingerprint density at radius 3 is 2.63 bits per heavy atom. The van der Waals surface area contributed by atoms with Gasteiger partial charge in [-0.25, -0.2) is 0 Å². The minimum absolute atomic E-state index is 0.0897. The molecule has 2 aromatic carbocycles.